The highest BCUT2D eigenvalue weighted by Gasteiger charge is 2.37. The van der Waals surface area contributed by atoms with Gasteiger partial charge in [0.25, 0.3) is 0 Å². The van der Waals surface area contributed by atoms with Gasteiger partial charge in [0.2, 0.25) is 0 Å². The highest BCUT2D eigenvalue weighted by Crippen LogP contribution is 2.36. The average molecular weight is 260 g/mol. The first-order valence-electron chi connectivity index (χ1n) is 5.93. The fourth-order valence-electron chi connectivity index (χ4n) is 0.617. The molecule has 0 unspecified atom stereocenters. The predicted molar refractivity (Wildman–Crippen MR) is 70.1 cm³/mol. The summed E-state index contributed by atoms with van der Waals surface area (Å²) < 4.78 is 4.87. The summed E-state index contributed by atoms with van der Waals surface area (Å²) in [5, 5.41) is 33.4. The van der Waals surface area contributed by atoms with Crippen molar-refractivity contribution in [2.75, 3.05) is 13.2 Å². The van der Waals surface area contributed by atoms with Gasteiger partial charge in [-0.1, -0.05) is 0 Å². The SMILES string of the molecule is CC(C)(C#N)C(C)(C)C#N.N#CCCOCCC#N. The Balaban J connectivity index is 0. The van der Waals surface area contributed by atoms with Crippen molar-refractivity contribution in [3.63, 3.8) is 0 Å². The topological polar surface area (TPSA) is 104 Å². The van der Waals surface area contributed by atoms with Crippen LogP contribution in [0.2, 0.25) is 0 Å². The van der Waals surface area contributed by atoms with E-state index in [1.54, 1.807) is 27.7 Å². The fraction of sp³-hybridized carbons (Fsp3) is 0.714. The van der Waals surface area contributed by atoms with Crippen molar-refractivity contribution in [2.45, 2.75) is 40.5 Å². The molecule has 0 aliphatic rings. The molecule has 0 aliphatic carbocycles. The number of nitrogens with zero attached hydrogens (tertiary/aromatic N) is 4. The Labute approximate surface area is 115 Å². The Bertz CT molecular complexity index is 373. The molecule has 0 N–H and O–H groups in total. The Kier molecular flexibility index (Phi) is 10.0. The number of hydrogen-bond donors (Lipinski definition) is 0. The largest absolute Gasteiger partial charge is 0.379 e. The highest BCUT2D eigenvalue weighted by atomic mass is 16.5. The van der Waals surface area contributed by atoms with E-state index in [9.17, 15) is 0 Å². The van der Waals surface area contributed by atoms with Crippen molar-refractivity contribution < 1.29 is 4.74 Å². The molecule has 102 valence electrons. The zero-order chi connectivity index (χ0) is 15.4. The van der Waals surface area contributed by atoms with E-state index in [4.69, 9.17) is 25.8 Å². The fourth-order valence-corrected chi connectivity index (χ4v) is 0.617. The Hall–Kier alpha value is -2.08. The first-order valence-corrected chi connectivity index (χ1v) is 5.93. The van der Waals surface area contributed by atoms with Crippen LogP contribution in [0.1, 0.15) is 40.5 Å². The molecule has 5 nitrogen and oxygen atoms in total. The molecule has 0 aromatic heterocycles. The van der Waals surface area contributed by atoms with Gasteiger partial charge in [-0.25, -0.2) is 0 Å². The van der Waals surface area contributed by atoms with Crippen LogP contribution >= 0.6 is 0 Å². The molecule has 19 heavy (non-hydrogen) atoms. The summed E-state index contributed by atoms with van der Waals surface area (Å²) in [6.45, 7) is 7.98. The van der Waals surface area contributed by atoms with Gasteiger partial charge >= 0.3 is 0 Å². The van der Waals surface area contributed by atoms with Gasteiger partial charge in [0.1, 0.15) is 0 Å². The molecular formula is C14H20N4O. The van der Waals surface area contributed by atoms with E-state index in [1.165, 1.54) is 0 Å². The normalized spacial score (nSPS) is 9.89. The van der Waals surface area contributed by atoms with Crippen molar-refractivity contribution >= 4 is 0 Å². The smallest absolute Gasteiger partial charge is 0.0700 e. The molecule has 5 heteroatoms. The van der Waals surface area contributed by atoms with Crippen LogP contribution in [0.15, 0.2) is 0 Å². The van der Waals surface area contributed by atoms with Crippen LogP contribution < -0.4 is 0 Å². The van der Waals surface area contributed by atoms with E-state index in [0.29, 0.717) is 26.1 Å². The second kappa shape index (κ2) is 9.90. The lowest BCUT2D eigenvalue weighted by Crippen LogP contribution is -2.29. The van der Waals surface area contributed by atoms with E-state index in [2.05, 4.69) is 12.1 Å². The zero-order valence-corrected chi connectivity index (χ0v) is 12.0. The van der Waals surface area contributed by atoms with Crippen LogP contribution in [0.3, 0.4) is 0 Å². The second-order valence-corrected chi connectivity index (χ2v) is 4.90. The number of rotatable bonds is 5. The standard InChI is InChI=1S/C8H12N2.C6H8N2O/c1-7(2,5-9)8(3,4)6-10;7-3-1-5-9-6-2-4-8/h1-4H3;1-2,5-6H2. The van der Waals surface area contributed by atoms with Gasteiger partial charge in [0.05, 0.1) is 61.2 Å². The van der Waals surface area contributed by atoms with Gasteiger partial charge in [-0.05, 0) is 27.7 Å². The lowest BCUT2D eigenvalue weighted by Gasteiger charge is -2.28. The molecule has 0 aromatic carbocycles. The van der Waals surface area contributed by atoms with Crippen molar-refractivity contribution in [1.82, 2.24) is 0 Å². The van der Waals surface area contributed by atoms with Gasteiger partial charge in [0.15, 0.2) is 0 Å². The molecule has 0 heterocycles. The minimum atomic E-state index is -0.568. The molecule has 0 bridgehead atoms. The lowest BCUT2D eigenvalue weighted by atomic mass is 9.70. The van der Waals surface area contributed by atoms with E-state index >= 15 is 0 Å². The van der Waals surface area contributed by atoms with Crippen molar-refractivity contribution in [3.8, 4) is 24.3 Å². The maximum atomic E-state index is 8.66. The number of ether oxygens (including phenoxy) is 1. The molecule has 0 radical (unpaired) electrons. The molecular weight excluding hydrogens is 240 g/mol. The summed E-state index contributed by atoms with van der Waals surface area (Å²) in [6.07, 6.45) is 0.816. The first kappa shape index (κ1) is 19.3. The quantitative estimate of drug-likeness (QED) is 0.707. The van der Waals surface area contributed by atoms with Crippen LogP contribution in [0.5, 0.6) is 0 Å². The van der Waals surface area contributed by atoms with Crippen molar-refractivity contribution in [3.05, 3.63) is 0 Å². The minimum absolute atomic E-state index is 0.408. The van der Waals surface area contributed by atoms with Crippen molar-refractivity contribution in [1.29, 1.82) is 21.0 Å². The predicted octanol–water partition coefficient (Wildman–Crippen LogP) is 2.92. The Morgan fingerprint density at radius 1 is 0.737 bits per heavy atom. The molecule has 0 spiro atoms. The molecule has 0 saturated carbocycles. The van der Waals surface area contributed by atoms with Crippen LogP contribution in [-0.2, 0) is 4.74 Å². The van der Waals surface area contributed by atoms with E-state index in [-0.39, 0.29) is 0 Å². The summed E-state index contributed by atoms with van der Waals surface area (Å²) >= 11 is 0. The van der Waals surface area contributed by atoms with Gasteiger partial charge in [0, 0.05) is 0 Å². The average Bonchev–Trinajstić information content (AvgIpc) is 2.39. The van der Waals surface area contributed by atoms with Crippen molar-refractivity contribution in [2.24, 2.45) is 10.8 Å². The first-order chi connectivity index (χ1) is 8.79. The zero-order valence-electron chi connectivity index (χ0n) is 12.0. The van der Waals surface area contributed by atoms with Crippen LogP contribution in [-0.4, -0.2) is 13.2 Å². The maximum Gasteiger partial charge on any atom is 0.0700 e. The summed E-state index contributed by atoms with van der Waals surface area (Å²) in [4.78, 5) is 0. The highest BCUT2D eigenvalue weighted by molar-refractivity contribution is 5.11. The minimum Gasteiger partial charge on any atom is -0.379 e. The molecule has 0 aliphatic heterocycles. The van der Waals surface area contributed by atoms with E-state index in [0.717, 1.165) is 0 Å². The summed E-state index contributed by atoms with van der Waals surface area (Å²) in [5.41, 5.74) is -1.14. The Morgan fingerprint density at radius 3 is 1.26 bits per heavy atom. The lowest BCUT2D eigenvalue weighted by molar-refractivity contribution is 0.145. The third-order valence-electron chi connectivity index (χ3n) is 2.84. The van der Waals surface area contributed by atoms with Gasteiger partial charge in [-0.2, -0.15) is 21.0 Å². The second-order valence-electron chi connectivity index (χ2n) is 4.90. The maximum absolute atomic E-state index is 8.66. The summed E-state index contributed by atoms with van der Waals surface area (Å²) in [5.74, 6) is 0. The van der Waals surface area contributed by atoms with Crippen LogP contribution in [0.25, 0.3) is 0 Å². The van der Waals surface area contributed by atoms with Gasteiger partial charge < -0.3 is 4.74 Å². The third-order valence-corrected chi connectivity index (χ3v) is 2.84. The third kappa shape index (κ3) is 8.62. The van der Waals surface area contributed by atoms with Crippen LogP contribution in [0.4, 0.5) is 0 Å². The van der Waals surface area contributed by atoms with Gasteiger partial charge in [-0.3, -0.25) is 0 Å². The van der Waals surface area contributed by atoms with E-state index < -0.39 is 10.8 Å². The number of nitriles is 4. The van der Waals surface area contributed by atoms with E-state index in [1.807, 2.05) is 12.1 Å². The summed E-state index contributed by atoms with van der Waals surface area (Å²) in [7, 11) is 0. The molecule has 0 aromatic rings. The molecule has 0 saturated heterocycles. The molecule has 0 rings (SSSR count). The molecule has 0 amide bonds. The molecule has 0 fully saturated rings. The Morgan fingerprint density at radius 2 is 1.05 bits per heavy atom. The number of hydrogen-bond acceptors (Lipinski definition) is 5. The van der Waals surface area contributed by atoms with Crippen LogP contribution in [0, 0.1) is 56.2 Å². The van der Waals surface area contributed by atoms with Gasteiger partial charge in [-0.15, -0.1) is 0 Å². The summed E-state index contributed by atoms with van der Waals surface area (Å²) in [6, 6.07) is 8.09. The monoisotopic (exact) mass is 260 g/mol. The molecule has 0 atom stereocenters.